The third-order valence-corrected chi connectivity index (χ3v) is 2.51. The monoisotopic (exact) mass is 257 g/mol. The van der Waals surface area contributed by atoms with Gasteiger partial charge in [0, 0.05) is 0 Å². The van der Waals surface area contributed by atoms with Gasteiger partial charge in [-0.05, 0) is 0 Å². The van der Waals surface area contributed by atoms with Crippen LogP contribution in [-0.2, 0) is 9.59 Å². The summed E-state index contributed by atoms with van der Waals surface area (Å²) in [5.41, 5.74) is 0. The van der Waals surface area contributed by atoms with Crippen molar-refractivity contribution in [3.8, 4) is 0 Å². The summed E-state index contributed by atoms with van der Waals surface area (Å²) in [6.07, 6.45) is -1.24. The van der Waals surface area contributed by atoms with E-state index in [4.69, 9.17) is 5.11 Å². The normalized spacial score (nSPS) is 25.0. The Kier molecular flexibility index (Phi) is 2.92. The highest BCUT2D eigenvalue weighted by Crippen LogP contribution is 2.12. The molecule has 10 heteroatoms. The molecule has 2 saturated heterocycles. The molecule has 2 aliphatic rings. The number of fused-ring (bicyclic) bond motifs is 1. The van der Waals surface area contributed by atoms with Gasteiger partial charge in [0.05, 0.1) is 0 Å². The van der Waals surface area contributed by atoms with Crippen LogP contribution in [0.4, 0.5) is 9.59 Å². The lowest BCUT2D eigenvalue weighted by molar-refractivity contribution is -0.138. The maximum atomic E-state index is 11.5. The van der Waals surface area contributed by atoms with Crippen molar-refractivity contribution in [1.29, 1.82) is 0 Å². The Morgan fingerprint density at radius 3 is 2.67 bits per heavy atom. The van der Waals surface area contributed by atoms with Crippen molar-refractivity contribution < 1.29 is 24.3 Å². The molecule has 0 aromatic heterocycles. The number of hydrogen-bond donors (Lipinski definition) is 5. The molecule has 18 heavy (non-hydrogen) atoms. The van der Waals surface area contributed by atoms with Gasteiger partial charge < -0.3 is 26.4 Å². The van der Waals surface area contributed by atoms with Crippen LogP contribution in [0.15, 0.2) is 0 Å². The van der Waals surface area contributed by atoms with Gasteiger partial charge in [-0.25, -0.2) is 9.59 Å². The fourth-order valence-electron chi connectivity index (χ4n) is 1.75. The van der Waals surface area contributed by atoms with Gasteiger partial charge in [0.15, 0.2) is 0 Å². The second-order valence-electron chi connectivity index (χ2n) is 3.79. The Morgan fingerprint density at radius 1 is 1.28 bits per heavy atom. The minimum Gasteiger partial charge on any atom is -0.480 e. The average molecular weight is 257 g/mol. The number of carboxylic acid groups (broad SMARTS) is 1. The molecule has 0 unspecified atom stereocenters. The first kappa shape index (κ1) is 12.0. The molecule has 0 saturated carbocycles. The van der Waals surface area contributed by atoms with Gasteiger partial charge in [-0.3, -0.25) is 14.5 Å². The third-order valence-electron chi connectivity index (χ3n) is 2.51. The van der Waals surface area contributed by atoms with Crippen molar-refractivity contribution in [1.82, 2.24) is 26.2 Å². The molecule has 0 aromatic carbocycles. The number of hydrogen-bond acceptors (Lipinski definition) is 4. The van der Waals surface area contributed by atoms with Crippen molar-refractivity contribution in [3.05, 3.63) is 0 Å². The van der Waals surface area contributed by atoms with Crippen LogP contribution in [0, 0.1) is 0 Å². The predicted molar refractivity (Wildman–Crippen MR) is 55.1 cm³/mol. The quantitative estimate of drug-likeness (QED) is 0.369. The predicted octanol–water partition coefficient (Wildman–Crippen LogP) is -2.82. The number of urea groups is 2. The maximum Gasteiger partial charge on any atom is 0.322 e. The van der Waals surface area contributed by atoms with Gasteiger partial charge in [-0.15, -0.1) is 0 Å². The Morgan fingerprint density at radius 2 is 2.00 bits per heavy atom. The third kappa shape index (κ3) is 2.26. The molecule has 0 bridgehead atoms. The topological polar surface area (TPSA) is 140 Å². The molecule has 0 radical (unpaired) electrons. The molecule has 5 amide bonds. The number of nitrogens with zero attached hydrogens (tertiary/aromatic N) is 1. The fraction of sp³-hybridized carbons (Fsp3) is 0.500. The first-order valence-electron chi connectivity index (χ1n) is 5.10. The van der Waals surface area contributed by atoms with Crippen LogP contribution in [0.3, 0.4) is 0 Å². The number of carbonyl (C=O) groups excluding carboxylic acids is 3. The SMILES string of the molecule is O=C(O)CNC(=O)CN1C(=O)N[C@@H]2NC(=O)N[C@@H]21. The zero-order valence-electron chi connectivity index (χ0n) is 9.10. The largest absolute Gasteiger partial charge is 0.480 e. The van der Waals surface area contributed by atoms with Gasteiger partial charge in [-0.1, -0.05) is 0 Å². The Labute approximate surface area is 101 Å². The van der Waals surface area contributed by atoms with E-state index in [0.717, 1.165) is 4.90 Å². The summed E-state index contributed by atoms with van der Waals surface area (Å²) < 4.78 is 0. The zero-order valence-corrected chi connectivity index (χ0v) is 9.10. The van der Waals surface area contributed by atoms with Gasteiger partial charge in [-0.2, -0.15) is 0 Å². The molecule has 0 aromatic rings. The first-order valence-corrected chi connectivity index (χ1v) is 5.10. The highest BCUT2D eigenvalue weighted by atomic mass is 16.4. The van der Waals surface area contributed by atoms with Crippen molar-refractivity contribution in [2.24, 2.45) is 0 Å². The van der Waals surface area contributed by atoms with E-state index in [1.807, 2.05) is 0 Å². The molecule has 5 N–H and O–H groups in total. The number of nitrogens with one attached hydrogen (secondary N) is 4. The van der Waals surface area contributed by atoms with Crippen molar-refractivity contribution in [2.45, 2.75) is 12.3 Å². The van der Waals surface area contributed by atoms with E-state index in [1.54, 1.807) is 0 Å². The number of amides is 5. The summed E-state index contributed by atoms with van der Waals surface area (Å²) in [4.78, 5) is 45.3. The van der Waals surface area contributed by atoms with E-state index in [-0.39, 0.29) is 6.54 Å². The Balaban J connectivity index is 1.92. The Hall–Kier alpha value is -2.52. The van der Waals surface area contributed by atoms with E-state index in [9.17, 15) is 19.2 Å². The molecular weight excluding hydrogens is 246 g/mol. The smallest absolute Gasteiger partial charge is 0.322 e. The second kappa shape index (κ2) is 4.39. The fourth-order valence-corrected chi connectivity index (χ4v) is 1.75. The molecule has 0 spiro atoms. The number of carboxylic acids is 1. The van der Waals surface area contributed by atoms with Crippen LogP contribution in [0.2, 0.25) is 0 Å². The summed E-state index contributed by atoms with van der Waals surface area (Å²) in [5.74, 6) is -1.79. The van der Waals surface area contributed by atoms with Crippen LogP contribution in [-0.4, -0.2) is 59.4 Å². The molecule has 98 valence electrons. The van der Waals surface area contributed by atoms with Gasteiger partial charge in [0.25, 0.3) is 0 Å². The van der Waals surface area contributed by atoms with Crippen LogP contribution in [0.1, 0.15) is 0 Å². The molecule has 2 atom stereocenters. The van der Waals surface area contributed by atoms with E-state index >= 15 is 0 Å². The number of carbonyl (C=O) groups is 4. The van der Waals surface area contributed by atoms with Crippen molar-refractivity contribution in [2.75, 3.05) is 13.1 Å². The summed E-state index contributed by atoms with van der Waals surface area (Å²) >= 11 is 0. The minimum atomic E-state index is -1.18. The highest BCUT2D eigenvalue weighted by molar-refractivity contribution is 5.89. The molecule has 2 fully saturated rings. The van der Waals surface area contributed by atoms with E-state index < -0.39 is 42.8 Å². The average Bonchev–Trinajstić information content (AvgIpc) is 2.74. The van der Waals surface area contributed by atoms with Crippen LogP contribution < -0.4 is 21.3 Å². The Bertz CT molecular complexity index is 424. The zero-order chi connectivity index (χ0) is 13.3. The van der Waals surface area contributed by atoms with Gasteiger partial charge in [0.2, 0.25) is 5.91 Å². The minimum absolute atomic E-state index is 0.331. The summed E-state index contributed by atoms with van der Waals surface area (Å²) in [7, 11) is 0. The molecule has 10 nitrogen and oxygen atoms in total. The van der Waals surface area contributed by atoms with Crippen LogP contribution >= 0.6 is 0 Å². The second-order valence-corrected chi connectivity index (χ2v) is 3.79. The summed E-state index contributed by atoms with van der Waals surface area (Å²) in [6.45, 7) is -0.852. The highest BCUT2D eigenvalue weighted by Gasteiger charge is 2.45. The molecule has 2 heterocycles. The van der Waals surface area contributed by atoms with Crippen LogP contribution in [0.5, 0.6) is 0 Å². The van der Waals surface area contributed by atoms with E-state index in [0.29, 0.717) is 0 Å². The molecule has 0 aliphatic carbocycles. The lowest BCUT2D eigenvalue weighted by Gasteiger charge is -2.20. The summed E-state index contributed by atoms with van der Waals surface area (Å²) in [5, 5.41) is 17.9. The maximum absolute atomic E-state index is 11.5. The van der Waals surface area contributed by atoms with E-state index in [2.05, 4.69) is 21.3 Å². The lowest BCUT2D eigenvalue weighted by atomic mass is 10.4. The molecule has 2 rings (SSSR count). The van der Waals surface area contributed by atoms with Gasteiger partial charge in [0.1, 0.15) is 25.4 Å². The standard InChI is InChI=1S/C8H11N5O5/c14-3(9-1-4(15)16)2-13-6-5(11-8(13)18)10-7(17)12-6/h5-6H,1-2H2,(H,9,14)(H,11,18)(H,15,16)(H2,10,12,17)/t5-,6+/m0/s1. The molecule has 2 aliphatic heterocycles. The van der Waals surface area contributed by atoms with Crippen LogP contribution in [0.25, 0.3) is 0 Å². The van der Waals surface area contributed by atoms with Crippen molar-refractivity contribution >= 4 is 23.9 Å². The van der Waals surface area contributed by atoms with E-state index in [1.165, 1.54) is 0 Å². The molecular formula is C8H11N5O5. The summed E-state index contributed by atoms with van der Waals surface area (Å²) in [6, 6.07) is -0.955. The lowest BCUT2D eigenvalue weighted by Crippen LogP contribution is -2.48. The number of rotatable bonds is 4. The van der Waals surface area contributed by atoms with Gasteiger partial charge >= 0.3 is 18.0 Å². The van der Waals surface area contributed by atoms with Crippen molar-refractivity contribution in [3.63, 3.8) is 0 Å². The number of aliphatic carboxylic acids is 1. The first-order chi connectivity index (χ1) is 8.47.